The maximum absolute atomic E-state index is 5.45. The maximum Gasteiger partial charge on any atom is 0.118 e. The summed E-state index contributed by atoms with van der Waals surface area (Å²) in [5.41, 5.74) is 10.3. The summed E-state index contributed by atoms with van der Waals surface area (Å²) in [6.07, 6.45) is 0. The van der Waals surface area contributed by atoms with Gasteiger partial charge < -0.3 is 9.30 Å². The number of nitrogens with zero attached hydrogens (tertiary/aromatic N) is 1. The first-order valence-electron chi connectivity index (χ1n) is 15.9. The molecular formula is C45H35NO. The van der Waals surface area contributed by atoms with Crippen LogP contribution in [0.15, 0.2) is 146 Å². The second-order valence-corrected chi connectivity index (χ2v) is 11.9. The fourth-order valence-corrected chi connectivity index (χ4v) is 6.24. The van der Waals surface area contributed by atoms with E-state index >= 15 is 0 Å². The number of hydrogen-bond acceptors (Lipinski definition) is 1. The van der Waals surface area contributed by atoms with Crippen molar-refractivity contribution in [3.8, 4) is 29.4 Å². The highest BCUT2D eigenvalue weighted by atomic mass is 16.5. The van der Waals surface area contributed by atoms with E-state index in [1.807, 2.05) is 48.5 Å². The Morgan fingerprint density at radius 3 is 1.38 bits per heavy atom. The molecular weight excluding hydrogens is 571 g/mol. The molecule has 1 heterocycles. The zero-order valence-electron chi connectivity index (χ0n) is 26.9. The molecule has 0 bridgehead atoms. The Morgan fingerprint density at radius 2 is 0.936 bits per heavy atom. The molecule has 7 aromatic rings. The minimum absolute atomic E-state index is 0.0672. The van der Waals surface area contributed by atoms with Crippen molar-refractivity contribution in [2.45, 2.75) is 18.8 Å². The molecule has 0 fully saturated rings. The normalized spacial score (nSPS) is 12.1. The smallest absolute Gasteiger partial charge is 0.118 e. The lowest BCUT2D eigenvalue weighted by molar-refractivity contribution is 0.414. The molecule has 0 saturated carbocycles. The second kappa shape index (κ2) is 13.2. The highest BCUT2D eigenvalue weighted by molar-refractivity contribution is 6.08. The van der Waals surface area contributed by atoms with Gasteiger partial charge in [-0.05, 0) is 89.8 Å². The van der Waals surface area contributed by atoms with Crippen molar-refractivity contribution in [3.05, 3.63) is 185 Å². The number of aromatic nitrogens is 1. The predicted octanol–water partition coefficient (Wildman–Crippen LogP) is 10.0. The summed E-state index contributed by atoms with van der Waals surface area (Å²) in [6.45, 7) is 2.12. The molecule has 2 heteroatoms. The highest BCUT2D eigenvalue weighted by Crippen LogP contribution is 2.36. The lowest BCUT2D eigenvalue weighted by Crippen LogP contribution is -1.99. The van der Waals surface area contributed by atoms with Crippen LogP contribution in [0, 0.1) is 30.6 Å². The van der Waals surface area contributed by atoms with Crippen molar-refractivity contribution in [3.63, 3.8) is 0 Å². The third kappa shape index (κ3) is 6.28. The van der Waals surface area contributed by atoms with E-state index in [9.17, 15) is 0 Å². The molecule has 2 atom stereocenters. The van der Waals surface area contributed by atoms with Crippen LogP contribution in [0.2, 0.25) is 0 Å². The van der Waals surface area contributed by atoms with E-state index in [4.69, 9.17) is 4.74 Å². The number of hydrogen-bond donors (Lipinski definition) is 0. The molecule has 0 radical (unpaired) electrons. The Kier molecular flexibility index (Phi) is 8.34. The molecule has 0 spiro atoms. The molecule has 0 aliphatic carbocycles. The summed E-state index contributed by atoms with van der Waals surface area (Å²) < 4.78 is 7.74. The number of fused-ring (bicyclic) bond motifs is 3. The zero-order valence-corrected chi connectivity index (χ0v) is 26.9. The topological polar surface area (TPSA) is 14.2 Å². The van der Waals surface area contributed by atoms with E-state index in [1.54, 1.807) is 7.11 Å². The second-order valence-electron chi connectivity index (χ2n) is 11.9. The molecule has 6 aromatic carbocycles. The Balaban J connectivity index is 1.37. The van der Waals surface area contributed by atoms with Crippen LogP contribution in [0.5, 0.6) is 5.75 Å². The van der Waals surface area contributed by atoms with Gasteiger partial charge in [-0.1, -0.05) is 114 Å². The summed E-state index contributed by atoms with van der Waals surface area (Å²) >= 11 is 0. The Bertz CT molecular complexity index is 2290. The van der Waals surface area contributed by atoms with Gasteiger partial charge in [0.1, 0.15) is 5.75 Å². The summed E-state index contributed by atoms with van der Waals surface area (Å²) in [4.78, 5) is 0. The molecule has 7 rings (SSSR count). The van der Waals surface area contributed by atoms with Gasteiger partial charge in [0, 0.05) is 40.0 Å². The van der Waals surface area contributed by atoms with Crippen LogP contribution in [0.3, 0.4) is 0 Å². The minimum atomic E-state index is -0.110. The summed E-state index contributed by atoms with van der Waals surface area (Å²) in [5, 5.41) is 2.42. The summed E-state index contributed by atoms with van der Waals surface area (Å²) in [6, 6.07) is 51.0. The van der Waals surface area contributed by atoms with Crippen molar-refractivity contribution in [1.29, 1.82) is 0 Å². The quantitative estimate of drug-likeness (QED) is 0.178. The number of ether oxygens (including phenoxy) is 1. The summed E-state index contributed by atoms with van der Waals surface area (Å²) in [5.74, 6) is 14.7. The van der Waals surface area contributed by atoms with Crippen LogP contribution >= 0.6 is 0 Å². The molecule has 2 unspecified atom stereocenters. The third-order valence-corrected chi connectivity index (χ3v) is 8.85. The predicted molar refractivity (Wildman–Crippen MR) is 195 cm³/mol. The average Bonchev–Trinajstić information content (AvgIpc) is 3.40. The van der Waals surface area contributed by atoms with Gasteiger partial charge in [-0.25, -0.2) is 0 Å². The molecule has 47 heavy (non-hydrogen) atoms. The largest absolute Gasteiger partial charge is 0.497 e. The Hall–Kier alpha value is -5.96. The van der Waals surface area contributed by atoms with Gasteiger partial charge in [-0.3, -0.25) is 0 Å². The molecule has 0 aliphatic heterocycles. The van der Waals surface area contributed by atoms with E-state index in [0.29, 0.717) is 0 Å². The Labute approximate surface area is 277 Å². The van der Waals surface area contributed by atoms with E-state index in [2.05, 4.69) is 139 Å². The molecule has 0 amide bonds. The fourth-order valence-electron chi connectivity index (χ4n) is 6.24. The standard InChI is InChI=1S/C45H35NO/c1-32-14-18-35(19-15-32)40(26-16-33-10-6-4-7-11-33)37-22-28-44-42(30-37)43-31-38(23-29-45(43)46(44)2)41(27-17-34-12-8-5-9-13-34)36-20-24-39(47-3)25-21-36/h4-15,18-25,28-31,40-41H,1-3H3. The van der Waals surface area contributed by atoms with Gasteiger partial charge >= 0.3 is 0 Å². The van der Waals surface area contributed by atoms with Crippen LogP contribution in [0.4, 0.5) is 0 Å². The highest BCUT2D eigenvalue weighted by Gasteiger charge is 2.18. The number of methoxy groups -OCH3 is 1. The molecule has 2 nitrogen and oxygen atoms in total. The zero-order chi connectivity index (χ0) is 32.2. The van der Waals surface area contributed by atoms with Crippen LogP contribution in [-0.4, -0.2) is 11.7 Å². The minimum Gasteiger partial charge on any atom is -0.497 e. The summed E-state index contributed by atoms with van der Waals surface area (Å²) in [7, 11) is 3.84. The monoisotopic (exact) mass is 605 g/mol. The lowest BCUT2D eigenvalue weighted by Gasteiger charge is -2.14. The Morgan fingerprint density at radius 1 is 0.511 bits per heavy atom. The first-order chi connectivity index (χ1) is 23.1. The lowest BCUT2D eigenvalue weighted by atomic mass is 9.89. The van der Waals surface area contributed by atoms with Crippen LogP contribution in [0.25, 0.3) is 21.8 Å². The molecule has 226 valence electrons. The molecule has 0 aliphatic rings. The third-order valence-electron chi connectivity index (χ3n) is 8.85. The fraction of sp³-hybridized carbons (Fsp3) is 0.111. The van der Waals surface area contributed by atoms with E-state index in [1.165, 1.54) is 38.5 Å². The molecule has 0 N–H and O–H groups in total. The van der Waals surface area contributed by atoms with Crippen molar-refractivity contribution >= 4 is 21.8 Å². The van der Waals surface area contributed by atoms with E-state index < -0.39 is 0 Å². The number of benzene rings is 6. The molecule has 0 saturated heterocycles. The van der Waals surface area contributed by atoms with Crippen LogP contribution in [0.1, 0.15) is 50.8 Å². The first-order valence-corrected chi connectivity index (χ1v) is 15.9. The first kappa shape index (κ1) is 29.7. The van der Waals surface area contributed by atoms with E-state index in [-0.39, 0.29) is 11.8 Å². The van der Waals surface area contributed by atoms with Gasteiger partial charge in [0.25, 0.3) is 0 Å². The molecule has 1 aromatic heterocycles. The van der Waals surface area contributed by atoms with Gasteiger partial charge in [-0.2, -0.15) is 0 Å². The van der Waals surface area contributed by atoms with Gasteiger partial charge in [-0.15, -0.1) is 0 Å². The van der Waals surface area contributed by atoms with Crippen LogP contribution < -0.4 is 4.74 Å². The van der Waals surface area contributed by atoms with Crippen molar-refractivity contribution in [1.82, 2.24) is 4.57 Å². The van der Waals surface area contributed by atoms with Gasteiger partial charge in [0.15, 0.2) is 0 Å². The van der Waals surface area contributed by atoms with Gasteiger partial charge in [0.2, 0.25) is 0 Å². The SMILES string of the molecule is COc1ccc(C(C#Cc2ccccc2)c2ccc3c(c2)c2cc(C(C#Cc4ccccc4)c4ccc(C)cc4)ccc2n3C)cc1. The van der Waals surface area contributed by atoms with Gasteiger partial charge in [0.05, 0.1) is 18.9 Å². The van der Waals surface area contributed by atoms with Crippen molar-refractivity contribution < 1.29 is 4.74 Å². The van der Waals surface area contributed by atoms with E-state index in [0.717, 1.165) is 28.0 Å². The van der Waals surface area contributed by atoms with Crippen LogP contribution in [-0.2, 0) is 7.05 Å². The van der Waals surface area contributed by atoms with Crippen molar-refractivity contribution in [2.24, 2.45) is 7.05 Å². The average molecular weight is 606 g/mol. The maximum atomic E-state index is 5.45. The number of rotatable bonds is 5. The number of aryl methyl sites for hydroxylation is 2. The van der Waals surface area contributed by atoms with Crippen molar-refractivity contribution in [2.75, 3.05) is 7.11 Å².